The molecule has 1 aliphatic heterocycles. The van der Waals surface area contributed by atoms with Gasteiger partial charge in [-0.05, 0) is 31.2 Å². The Hall–Kier alpha value is -0.480. The molecule has 1 saturated heterocycles. The molecule has 0 aliphatic carbocycles. The van der Waals surface area contributed by atoms with Crippen molar-refractivity contribution in [3.8, 4) is 0 Å². The number of thioether (sulfide) groups is 1. The maximum absolute atomic E-state index is 12.1. The summed E-state index contributed by atoms with van der Waals surface area (Å²) >= 11 is 5.19. The van der Waals surface area contributed by atoms with Crippen molar-refractivity contribution in [2.75, 3.05) is 12.3 Å². The fourth-order valence-corrected chi connectivity index (χ4v) is 2.91. The van der Waals surface area contributed by atoms with Crippen LogP contribution in [0, 0.1) is 0 Å². The van der Waals surface area contributed by atoms with Crippen LogP contribution in [-0.4, -0.2) is 28.5 Å². The first-order valence-electron chi connectivity index (χ1n) is 4.86. The van der Waals surface area contributed by atoms with Gasteiger partial charge in [0.25, 0.3) is 5.91 Å². The second kappa shape index (κ2) is 4.58. The number of nitrogens with zero attached hydrogens (tertiary/aromatic N) is 1. The Kier molecular flexibility index (Phi) is 3.36. The third-order valence-electron chi connectivity index (χ3n) is 2.48. The molecule has 1 fully saturated rings. The zero-order chi connectivity index (χ0) is 10.8. The van der Waals surface area contributed by atoms with E-state index in [1.165, 1.54) is 0 Å². The molecular weight excluding hydrogens is 274 g/mol. The van der Waals surface area contributed by atoms with Crippen molar-refractivity contribution in [3.05, 3.63) is 34.3 Å². The van der Waals surface area contributed by atoms with Gasteiger partial charge in [-0.15, -0.1) is 11.8 Å². The smallest absolute Gasteiger partial charge is 0.254 e. The molecule has 0 spiro atoms. The Labute approximate surface area is 102 Å². The lowest BCUT2D eigenvalue weighted by atomic mass is 10.2. The minimum absolute atomic E-state index is 0.139. The SMILES string of the molecule is CC1SCCN1C(=O)c1ccc(Br)cc1. The summed E-state index contributed by atoms with van der Waals surface area (Å²) in [6.45, 7) is 2.94. The van der Waals surface area contributed by atoms with Crippen molar-refractivity contribution in [2.45, 2.75) is 12.3 Å². The van der Waals surface area contributed by atoms with Crippen LogP contribution in [0.4, 0.5) is 0 Å². The summed E-state index contributed by atoms with van der Waals surface area (Å²) in [6.07, 6.45) is 0. The van der Waals surface area contributed by atoms with E-state index in [1.807, 2.05) is 40.9 Å². The van der Waals surface area contributed by atoms with E-state index in [1.54, 1.807) is 0 Å². The highest BCUT2D eigenvalue weighted by Crippen LogP contribution is 2.25. The van der Waals surface area contributed by atoms with E-state index in [-0.39, 0.29) is 5.91 Å². The number of amides is 1. The monoisotopic (exact) mass is 285 g/mol. The topological polar surface area (TPSA) is 20.3 Å². The Bertz CT molecular complexity index is 365. The molecule has 2 nitrogen and oxygen atoms in total. The number of benzene rings is 1. The van der Waals surface area contributed by atoms with Crippen LogP contribution in [0.25, 0.3) is 0 Å². The molecular formula is C11H12BrNOS. The fourth-order valence-electron chi connectivity index (χ4n) is 1.62. The van der Waals surface area contributed by atoms with Crippen LogP contribution in [0.15, 0.2) is 28.7 Å². The molecule has 4 heteroatoms. The van der Waals surface area contributed by atoms with E-state index in [0.29, 0.717) is 5.37 Å². The first-order valence-corrected chi connectivity index (χ1v) is 6.71. The Morgan fingerprint density at radius 3 is 2.67 bits per heavy atom. The second-order valence-corrected chi connectivity index (χ2v) is 5.82. The van der Waals surface area contributed by atoms with Gasteiger partial charge in [-0.25, -0.2) is 0 Å². The highest BCUT2D eigenvalue weighted by Gasteiger charge is 2.26. The summed E-state index contributed by atoms with van der Waals surface area (Å²) < 4.78 is 1.00. The maximum atomic E-state index is 12.1. The standard InChI is InChI=1S/C11H12BrNOS/c1-8-13(6-7-15-8)11(14)9-2-4-10(12)5-3-9/h2-5,8H,6-7H2,1H3. The molecule has 0 radical (unpaired) electrons. The average Bonchev–Trinajstić information content (AvgIpc) is 2.65. The van der Waals surface area contributed by atoms with Gasteiger partial charge in [0.2, 0.25) is 0 Å². The average molecular weight is 286 g/mol. The number of hydrogen-bond acceptors (Lipinski definition) is 2. The molecule has 1 heterocycles. The van der Waals surface area contributed by atoms with Crippen LogP contribution in [0.1, 0.15) is 17.3 Å². The minimum Gasteiger partial charge on any atom is -0.326 e. The van der Waals surface area contributed by atoms with Crippen LogP contribution in [0.3, 0.4) is 0 Å². The van der Waals surface area contributed by atoms with Gasteiger partial charge >= 0.3 is 0 Å². The van der Waals surface area contributed by atoms with E-state index < -0.39 is 0 Å². The van der Waals surface area contributed by atoms with E-state index in [4.69, 9.17) is 0 Å². The summed E-state index contributed by atoms with van der Waals surface area (Å²) in [7, 11) is 0. The number of carbonyl (C=O) groups is 1. The Balaban J connectivity index is 2.17. The van der Waals surface area contributed by atoms with Crippen LogP contribution in [0.5, 0.6) is 0 Å². The lowest BCUT2D eigenvalue weighted by molar-refractivity contribution is 0.0768. The van der Waals surface area contributed by atoms with Gasteiger partial charge in [0, 0.05) is 22.3 Å². The van der Waals surface area contributed by atoms with Crippen molar-refractivity contribution >= 4 is 33.6 Å². The predicted molar refractivity (Wildman–Crippen MR) is 67.1 cm³/mol. The van der Waals surface area contributed by atoms with Crippen molar-refractivity contribution in [2.24, 2.45) is 0 Å². The zero-order valence-electron chi connectivity index (χ0n) is 8.44. The predicted octanol–water partition coefficient (Wildman–Crippen LogP) is 2.98. The molecule has 1 amide bonds. The molecule has 1 aromatic carbocycles. The normalized spacial score (nSPS) is 20.7. The summed E-state index contributed by atoms with van der Waals surface area (Å²) in [6, 6.07) is 7.53. The van der Waals surface area contributed by atoms with Crippen LogP contribution in [-0.2, 0) is 0 Å². The van der Waals surface area contributed by atoms with E-state index in [9.17, 15) is 4.79 Å². The molecule has 2 rings (SSSR count). The van der Waals surface area contributed by atoms with E-state index >= 15 is 0 Å². The molecule has 1 aliphatic rings. The van der Waals surface area contributed by atoms with E-state index in [2.05, 4.69) is 22.9 Å². The van der Waals surface area contributed by atoms with Crippen LogP contribution >= 0.6 is 27.7 Å². The summed E-state index contributed by atoms with van der Waals surface area (Å²) in [4.78, 5) is 14.0. The van der Waals surface area contributed by atoms with Crippen molar-refractivity contribution in [1.82, 2.24) is 4.90 Å². The van der Waals surface area contributed by atoms with Gasteiger partial charge in [0.15, 0.2) is 0 Å². The fraction of sp³-hybridized carbons (Fsp3) is 0.364. The summed E-state index contributed by atoms with van der Waals surface area (Å²) in [5.74, 6) is 1.18. The Morgan fingerprint density at radius 1 is 1.47 bits per heavy atom. The lowest BCUT2D eigenvalue weighted by Crippen LogP contribution is -2.33. The number of carbonyl (C=O) groups excluding carboxylic acids is 1. The van der Waals surface area contributed by atoms with Crippen LogP contribution in [0.2, 0.25) is 0 Å². The van der Waals surface area contributed by atoms with Crippen molar-refractivity contribution in [1.29, 1.82) is 0 Å². The largest absolute Gasteiger partial charge is 0.326 e. The van der Waals surface area contributed by atoms with Crippen molar-refractivity contribution in [3.63, 3.8) is 0 Å². The quantitative estimate of drug-likeness (QED) is 0.791. The highest BCUT2D eigenvalue weighted by molar-refractivity contribution is 9.10. The molecule has 1 aromatic rings. The third-order valence-corrected chi connectivity index (χ3v) is 4.17. The molecule has 1 atom stereocenters. The first kappa shape index (κ1) is 11.0. The lowest BCUT2D eigenvalue weighted by Gasteiger charge is -2.20. The summed E-state index contributed by atoms with van der Waals surface area (Å²) in [5, 5.41) is 0.307. The minimum atomic E-state index is 0.139. The number of halogens is 1. The van der Waals surface area contributed by atoms with Gasteiger partial charge in [-0.3, -0.25) is 4.79 Å². The van der Waals surface area contributed by atoms with Crippen LogP contribution < -0.4 is 0 Å². The molecule has 0 bridgehead atoms. The van der Waals surface area contributed by atoms with Gasteiger partial charge in [0.05, 0.1) is 5.37 Å². The van der Waals surface area contributed by atoms with Gasteiger partial charge in [-0.1, -0.05) is 15.9 Å². The number of rotatable bonds is 1. The highest BCUT2D eigenvalue weighted by atomic mass is 79.9. The van der Waals surface area contributed by atoms with Gasteiger partial charge < -0.3 is 4.90 Å². The molecule has 0 aromatic heterocycles. The zero-order valence-corrected chi connectivity index (χ0v) is 10.8. The molecule has 0 saturated carbocycles. The second-order valence-electron chi connectivity index (χ2n) is 3.48. The number of hydrogen-bond donors (Lipinski definition) is 0. The van der Waals surface area contributed by atoms with Gasteiger partial charge in [0.1, 0.15) is 0 Å². The van der Waals surface area contributed by atoms with E-state index in [0.717, 1.165) is 22.3 Å². The third kappa shape index (κ3) is 2.37. The molecule has 0 N–H and O–H groups in total. The molecule has 80 valence electrons. The van der Waals surface area contributed by atoms with Crippen molar-refractivity contribution < 1.29 is 4.79 Å². The van der Waals surface area contributed by atoms with Gasteiger partial charge in [-0.2, -0.15) is 0 Å². The Morgan fingerprint density at radius 2 is 2.13 bits per heavy atom. The molecule has 1 unspecified atom stereocenters. The first-order chi connectivity index (χ1) is 7.18. The molecule has 15 heavy (non-hydrogen) atoms. The maximum Gasteiger partial charge on any atom is 0.254 e. The summed E-state index contributed by atoms with van der Waals surface area (Å²) in [5.41, 5.74) is 0.771.